The van der Waals surface area contributed by atoms with E-state index in [2.05, 4.69) is 4.90 Å². The van der Waals surface area contributed by atoms with Gasteiger partial charge < -0.3 is 14.5 Å². The van der Waals surface area contributed by atoms with Gasteiger partial charge in [-0.3, -0.25) is 0 Å². The molecular weight excluding hydrogens is 204 g/mol. The predicted molar refractivity (Wildman–Crippen MR) is 62.4 cm³/mol. The van der Waals surface area contributed by atoms with Crippen molar-refractivity contribution in [2.75, 3.05) is 32.8 Å². The molecule has 0 bridgehead atoms. The summed E-state index contributed by atoms with van der Waals surface area (Å²) >= 11 is 0. The Morgan fingerprint density at radius 2 is 1.81 bits per heavy atom. The number of rotatable bonds is 2. The molecule has 0 radical (unpaired) electrons. The maximum atomic E-state index is 11.5. The zero-order chi connectivity index (χ0) is 11.4. The Balaban J connectivity index is 1.75. The molecule has 0 aromatic rings. The van der Waals surface area contributed by atoms with Gasteiger partial charge >= 0.3 is 6.09 Å². The lowest BCUT2D eigenvalue weighted by Crippen LogP contribution is -2.46. The van der Waals surface area contributed by atoms with E-state index in [9.17, 15) is 4.79 Å². The standard InChI is InChI=1S/C12H22N2O2/c1-2-16-12(15)14-9-5-11(6-10-14)13-7-3-4-8-13/h11H,2-10H2,1H3. The summed E-state index contributed by atoms with van der Waals surface area (Å²) in [4.78, 5) is 15.9. The Labute approximate surface area is 97.5 Å². The van der Waals surface area contributed by atoms with Crippen LogP contribution in [0.1, 0.15) is 32.6 Å². The van der Waals surface area contributed by atoms with Crippen LogP contribution in [-0.2, 0) is 4.74 Å². The smallest absolute Gasteiger partial charge is 0.409 e. The van der Waals surface area contributed by atoms with Crippen molar-refractivity contribution >= 4 is 6.09 Å². The molecule has 1 amide bonds. The first kappa shape index (κ1) is 11.7. The molecule has 92 valence electrons. The van der Waals surface area contributed by atoms with Crippen molar-refractivity contribution < 1.29 is 9.53 Å². The van der Waals surface area contributed by atoms with E-state index in [1.165, 1.54) is 25.9 Å². The van der Waals surface area contributed by atoms with Crippen molar-refractivity contribution in [3.63, 3.8) is 0 Å². The van der Waals surface area contributed by atoms with Gasteiger partial charge in [-0.05, 0) is 45.7 Å². The Morgan fingerprint density at radius 3 is 2.38 bits per heavy atom. The third kappa shape index (κ3) is 2.67. The van der Waals surface area contributed by atoms with Crippen LogP contribution in [0.5, 0.6) is 0 Å². The first-order chi connectivity index (χ1) is 7.81. The number of carbonyl (C=O) groups is 1. The van der Waals surface area contributed by atoms with Crippen LogP contribution in [0.3, 0.4) is 0 Å². The molecule has 2 saturated heterocycles. The Hall–Kier alpha value is -0.770. The molecule has 0 unspecified atom stereocenters. The highest BCUT2D eigenvalue weighted by molar-refractivity contribution is 5.67. The fourth-order valence-electron chi connectivity index (χ4n) is 2.74. The molecule has 2 aliphatic rings. The molecule has 2 aliphatic heterocycles. The molecule has 16 heavy (non-hydrogen) atoms. The molecule has 0 aliphatic carbocycles. The van der Waals surface area contributed by atoms with Crippen molar-refractivity contribution in [1.29, 1.82) is 0 Å². The molecule has 0 N–H and O–H groups in total. The summed E-state index contributed by atoms with van der Waals surface area (Å²) in [7, 11) is 0. The number of ether oxygens (including phenoxy) is 1. The van der Waals surface area contributed by atoms with Crippen LogP contribution in [-0.4, -0.2) is 54.7 Å². The third-order valence-electron chi connectivity index (χ3n) is 3.65. The maximum Gasteiger partial charge on any atom is 0.409 e. The monoisotopic (exact) mass is 226 g/mol. The van der Waals surface area contributed by atoms with E-state index < -0.39 is 0 Å². The minimum Gasteiger partial charge on any atom is -0.450 e. The fourth-order valence-corrected chi connectivity index (χ4v) is 2.74. The van der Waals surface area contributed by atoms with Crippen LogP contribution in [0.25, 0.3) is 0 Å². The summed E-state index contributed by atoms with van der Waals surface area (Å²) in [6.45, 7) is 6.56. The topological polar surface area (TPSA) is 32.8 Å². The summed E-state index contributed by atoms with van der Waals surface area (Å²) in [6, 6.07) is 0.702. The van der Waals surface area contributed by atoms with Gasteiger partial charge in [-0.15, -0.1) is 0 Å². The zero-order valence-corrected chi connectivity index (χ0v) is 10.2. The number of piperidine rings is 1. The molecule has 0 aromatic carbocycles. The van der Waals surface area contributed by atoms with Gasteiger partial charge in [0.1, 0.15) is 0 Å². The van der Waals surface area contributed by atoms with Crippen molar-refractivity contribution in [3.8, 4) is 0 Å². The second-order valence-electron chi connectivity index (χ2n) is 4.66. The van der Waals surface area contributed by atoms with Gasteiger partial charge in [-0.25, -0.2) is 4.79 Å². The number of hydrogen-bond donors (Lipinski definition) is 0. The van der Waals surface area contributed by atoms with Crippen LogP contribution < -0.4 is 0 Å². The number of hydrogen-bond acceptors (Lipinski definition) is 3. The first-order valence-corrected chi connectivity index (χ1v) is 6.47. The van der Waals surface area contributed by atoms with E-state index in [0.29, 0.717) is 12.6 Å². The molecule has 4 heteroatoms. The molecule has 2 fully saturated rings. The van der Waals surface area contributed by atoms with Crippen LogP contribution in [0, 0.1) is 0 Å². The molecule has 0 aromatic heterocycles. The Kier molecular flexibility index (Phi) is 4.04. The fraction of sp³-hybridized carbons (Fsp3) is 0.917. The molecule has 0 spiro atoms. The van der Waals surface area contributed by atoms with Crippen LogP contribution in [0.4, 0.5) is 4.79 Å². The van der Waals surface area contributed by atoms with Gasteiger partial charge in [0.2, 0.25) is 0 Å². The number of carbonyl (C=O) groups excluding carboxylic acids is 1. The number of amides is 1. The molecular formula is C12H22N2O2. The van der Waals surface area contributed by atoms with Gasteiger partial charge in [-0.1, -0.05) is 0 Å². The lowest BCUT2D eigenvalue weighted by Gasteiger charge is -2.36. The predicted octanol–water partition coefficient (Wildman–Crippen LogP) is 1.70. The Bertz CT molecular complexity index is 231. The van der Waals surface area contributed by atoms with E-state index in [1.54, 1.807) is 0 Å². The van der Waals surface area contributed by atoms with Crippen molar-refractivity contribution in [3.05, 3.63) is 0 Å². The maximum absolute atomic E-state index is 11.5. The lowest BCUT2D eigenvalue weighted by atomic mass is 10.0. The van der Waals surface area contributed by atoms with Crippen LogP contribution in [0.15, 0.2) is 0 Å². The number of likely N-dealkylation sites (tertiary alicyclic amines) is 2. The summed E-state index contributed by atoms with van der Waals surface area (Å²) in [6.07, 6.45) is 4.77. The van der Waals surface area contributed by atoms with Gasteiger partial charge in [0.05, 0.1) is 6.61 Å². The second-order valence-corrected chi connectivity index (χ2v) is 4.66. The average molecular weight is 226 g/mol. The average Bonchev–Trinajstić information content (AvgIpc) is 2.83. The minimum atomic E-state index is -0.137. The Morgan fingerprint density at radius 1 is 1.19 bits per heavy atom. The molecule has 0 saturated carbocycles. The zero-order valence-electron chi connectivity index (χ0n) is 10.2. The summed E-state index contributed by atoms with van der Waals surface area (Å²) in [5, 5.41) is 0. The first-order valence-electron chi connectivity index (χ1n) is 6.47. The van der Waals surface area contributed by atoms with E-state index >= 15 is 0 Å². The van der Waals surface area contributed by atoms with Crippen molar-refractivity contribution in [1.82, 2.24) is 9.80 Å². The summed E-state index contributed by atoms with van der Waals surface area (Å²) < 4.78 is 5.02. The minimum absolute atomic E-state index is 0.137. The molecule has 0 atom stereocenters. The normalized spacial score (nSPS) is 23.7. The second kappa shape index (κ2) is 5.53. The SMILES string of the molecule is CCOC(=O)N1CCC(N2CCCC2)CC1. The molecule has 2 heterocycles. The highest BCUT2D eigenvalue weighted by Gasteiger charge is 2.28. The largest absolute Gasteiger partial charge is 0.450 e. The highest BCUT2D eigenvalue weighted by Crippen LogP contribution is 2.21. The summed E-state index contributed by atoms with van der Waals surface area (Å²) in [5.41, 5.74) is 0. The van der Waals surface area contributed by atoms with E-state index in [1.807, 2.05) is 11.8 Å². The van der Waals surface area contributed by atoms with E-state index in [-0.39, 0.29) is 6.09 Å². The van der Waals surface area contributed by atoms with Crippen LogP contribution >= 0.6 is 0 Å². The molecule has 4 nitrogen and oxygen atoms in total. The van der Waals surface area contributed by atoms with Gasteiger partial charge in [0.15, 0.2) is 0 Å². The van der Waals surface area contributed by atoms with Crippen molar-refractivity contribution in [2.24, 2.45) is 0 Å². The molecule has 2 rings (SSSR count). The van der Waals surface area contributed by atoms with Crippen molar-refractivity contribution in [2.45, 2.75) is 38.6 Å². The quantitative estimate of drug-likeness (QED) is 0.718. The van der Waals surface area contributed by atoms with E-state index in [0.717, 1.165) is 25.9 Å². The van der Waals surface area contributed by atoms with Gasteiger partial charge in [-0.2, -0.15) is 0 Å². The van der Waals surface area contributed by atoms with Crippen LogP contribution in [0.2, 0.25) is 0 Å². The van der Waals surface area contributed by atoms with Gasteiger partial charge in [0, 0.05) is 19.1 Å². The highest BCUT2D eigenvalue weighted by atomic mass is 16.6. The third-order valence-corrected chi connectivity index (χ3v) is 3.65. The lowest BCUT2D eigenvalue weighted by molar-refractivity contribution is 0.0805. The summed E-state index contributed by atoms with van der Waals surface area (Å²) in [5.74, 6) is 0. The number of nitrogens with zero attached hydrogens (tertiary/aromatic N) is 2. The van der Waals surface area contributed by atoms with Gasteiger partial charge in [0.25, 0.3) is 0 Å². The van der Waals surface area contributed by atoms with E-state index in [4.69, 9.17) is 4.74 Å².